The van der Waals surface area contributed by atoms with Crippen molar-refractivity contribution in [2.24, 2.45) is 5.73 Å². The second-order valence-electron chi connectivity index (χ2n) is 8.07. The molecule has 0 aliphatic heterocycles. The first kappa shape index (κ1) is 24.8. The van der Waals surface area contributed by atoms with E-state index in [1.807, 2.05) is 37.3 Å². The van der Waals surface area contributed by atoms with Gasteiger partial charge < -0.3 is 16.0 Å². The Bertz CT molecular complexity index is 1910. The summed E-state index contributed by atoms with van der Waals surface area (Å²) >= 11 is 0. The fourth-order valence-electron chi connectivity index (χ4n) is 3.82. The number of aryl methyl sites for hydroxylation is 1. The summed E-state index contributed by atoms with van der Waals surface area (Å²) in [5.41, 5.74) is 12.9. The highest BCUT2D eigenvalue weighted by Gasteiger charge is 2.18. The van der Waals surface area contributed by atoms with Gasteiger partial charge in [-0.2, -0.15) is 4.98 Å². The minimum absolute atomic E-state index is 0.103. The lowest BCUT2D eigenvalue weighted by Gasteiger charge is -2.10. The minimum Gasteiger partial charge on any atom is -0.381 e. The van der Waals surface area contributed by atoms with Gasteiger partial charge in [0.1, 0.15) is 16.8 Å². The Morgan fingerprint density at radius 2 is 1.82 bits per heavy atom. The number of fused-ring (bicyclic) bond motifs is 2. The predicted octanol–water partition coefficient (Wildman–Crippen LogP) is 2.14. The van der Waals surface area contributed by atoms with Gasteiger partial charge in [0.25, 0.3) is 17.2 Å². The third kappa shape index (κ3) is 4.92. The molecule has 39 heavy (non-hydrogen) atoms. The second-order valence-corrected chi connectivity index (χ2v) is 8.07. The number of nitrogen functional groups attached to an aromatic ring is 1. The number of hydrogen-bond acceptors (Lipinski definition) is 9. The Hall–Kier alpha value is -5.83. The van der Waals surface area contributed by atoms with Crippen LogP contribution in [-0.4, -0.2) is 40.2 Å². The summed E-state index contributed by atoms with van der Waals surface area (Å²) in [5.74, 6) is 5.96. The number of amides is 1. The van der Waals surface area contributed by atoms with Crippen molar-refractivity contribution in [2.45, 2.75) is 13.3 Å². The molecule has 5 heterocycles. The second kappa shape index (κ2) is 10.7. The Morgan fingerprint density at radius 3 is 2.54 bits per heavy atom. The number of nitrogens with zero attached hydrogens (tertiary/aromatic N) is 7. The van der Waals surface area contributed by atoms with Gasteiger partial charge in [0.2, 0.25) is 0 Å². The maximum atomic E-state index is 13.1. The fourth-order valence-corrected chi connectivity index (χ4v) is 3.82. The maximum absolute atomic E-state index is 13.1. The summed E-state index contributed by atoms with van der Waals surface area (Å²) in [7, 11) is 0. The minimum atomic E-state index is -0.619. The smallest absolute Gasteiger partial charge is 0.272 e. The van der Waals surface area contributed by atoms with Crippen molar-refractivity contribution in [3.8, 4) is 17.5 Å². The van der Waals surface area contributed by atoms with Gasteiger partial charge in [0.15, 0.2) is 17.2 Å². The molecule has 0 bridgehead atoms. The van der Waals surface area contributed by atoms with E-state index in [2.05, 4.69) is 37.0 Å². The lowest BCUT2D eigenvalue weighted by molar-refractivity contribution is 0.100. The number of aromatic nitrogens is 7. The van der Waals surface area contributed by atoms with Crippen LogP contribution in [0.3, 0.4) is 0 Å². The van der Waals surface area contributed by atoms with Crippen molar-refractivity contribution in [3.63, 3.8) is 0 Å². The molecular formula is C27H21N9O3. The van der Waals surface area contributed by atoms with Gasteiger partial charge in [-0.05, 0) is 36.3 Å². The van der Waals surface area contributed by atoms with E-state index >= 15 is 0 Å². The topological polar surface area (TPSA) is 173 Å². The van der Waals surface area contributed by atoms with E-state index in [1.165, 1.54) is 4.52 Å². The molecule has 0 fully saturated rings. The Kier molecular flexibility index (Phi) is 6.79. The molecule has 0 aliphatic carbocycles. The van der Waals surface area contributed by atoms with Crippen molar-refractivity contribution in [2.75, 3.05) is 5.73 Å². The van der Waals surface area contributed by atoms with Crippen LogP contribution in [-0.2, 0) is 6.42 Å². The zero-order valence-corrected chi connectivity index (χ0v) is 20.6. The number of pyridine rings is 1. The quantitative estimate of drug-likeness (QED) is 0.332. The average molecular weight is 520 g/mol. The molecule has 192 valence electrons. The first-order chi connectivity index (χ1) is 19.0. The molecule has 0 saturated heterocycles. The molecule has 6 rings (SSSR count). The van der Waals surface area contributed by atoms with Crippen LogP contribution in [0.5, 0.6) is 0 Å². The summed E-state index contributed by atoms with van der Waals surface area (Å²) in [6, 6.07) is 14.6. The monoisotopic (exact) mass is 519 g/mol. The van der Waals surface area contributed by atoms with E-state index < -0.39 is 5.91 Å². The van der Waals surface area contributed by atoms with Gasteiger partial charge >= 0.3 is 0 Å². The lowest BCUT2D eigenvalue weighted by Crippen LogP contribution is -2.23. The maximum Gasteiger partial charge on any atom is 0.272 e. The van der Waals surface area contributed by atoms with E-state index in [-0.39, 0.29) is 33.7 Å². The average Bonchev–Trinajstić information content (AvgIpc) is 3.53. The molecule has 0 unspecified atom stereocenters. The molecule has 5 aromatic heterocycles. The molecular weight excluding hydrogens is 498 g/mol. The summed E-state index contributed by atoms with van der Waals surface area (Å²) < 4.78 is 8.26. The molecule has 1 aromatic carbocycles. The molecule has 0 radical (unpaired) electrons. The highest BCUT2D eigenvalue weighted by molar-refractivity contribution is 6.03. The number of rotatable bonds is 3. The van der Waals surface area contributed by atoms with E-state index in [0.29, 0.717) is 17.9 Å². The van der Waals surface area contributed by atoms with E-state index in [1.54, 1.807) is 47.6 Å². The fraction of sp³-hybridized carbons (Fsp3) is 0.0741. The van der Waals surface area contributed by atoms with E-state index in [4.69, 9.17) is 16.0 Å². The number of nitrogens with two attached hydrogens (primary N) is 2. The van der Waals surface area contributed by atoms with Crippen molar-refractivity contribution >= 4 is 28.5 Å². The Balaban J connectivity index is 0.000000198. The first-order valence-corrected chi connectivity index (χ1v) is 11.7. The van der Waals surface area contributed by atoms with Crippen LogP contribution in [0.25, 0.3) is 22.4 Å². The molecule has 0 spiro atoms. The van der Waals surface area contributed by atoms with Crippen molar-refractivity contribution in [1.29, 1.82) is 0 Å². The van der Waals surface area contributed by atoms with Crippen molar-refractivity contribution in [1.82, 2.24) is 34.3 Å². The number of primary amides is 1. The molecule has 0 saturated carbocycles. The molecule has 0 atom stereocenters. The Labute approximate surface area is 220 Å². The van der Waals surface area contributed by atoms with Crippen LogP contribution < -0.4 is 17.0 Å². The predicted molar refractivity (Wildman–Crippen MR) is 143 cm³/mol. The lowest BCUT2D eigenvalue weighted by atomic mass is 10.2. The zero-order chi connectivity index (χ0) is 27.4. The van der Waals surface area contributed by atoms with Gasteiger partial charge in [-0.1, -0.05) is 36.2 Å². The number of benzene rings is 1. The van der Waals surface area contributed by atoms with Gasteiger partial charge in [0, 0.05) is 36.8 Å². The third-order valence-corrected chi connectivity index (χ3v) is 5.58. The van der Waals surface area contributed by atoms with Gasteiger partial charge in [0.05, 0.1) is 5.69 Å². The van der Waals surface area contributed by atoms with Gasteiger partial charge in [-0.25, -0.2) is 9.50 Å². The number of carbonyl (C=O) groups excluding carboxylic acids is 1. The molecule has 0 aliphatic rings. The first-order valence-electron chi connectivity index (χ1n) is 11.7. The highest BCUT2D eigenvalue weighted by atomic mass is 16.5. The summed E-state index contributed by atoms with van der Waals surface area (Å²) in [6.45, 7) is 1.94. The molecule has 12 heteroatoms. The van der Waals surface area contributed by atoms with Gasteiger partial charge in [-0.3, -0.25) is 19.1 Å². The summed E-state index contributed by atoms with van der Waals surface area (Å²) in [6.07, 6.45) is 7.08. The van der Waals surface area contributed by atoms with Crippen LogP contribution in [0.4, 0.5) is 5.82 Å². The van der Waals surface area contributed by atoms with E-state index in [0.717, 1.165) is 11.3 Å². The van der Waals surface area contributed by atoms with Gasteiger partial charge in [-0.15, -0.1) is 5.10 Å². The highest BCUT2D eigenvalue weighted by Crippen LogP contribution is 2.16. The van der Waals surface area contributed by atoms with Crippen LogP contribution >= 0.6 is 0 Å². The summed E-state index contributed by atoms with van der Waals surface area (Å²) in [5, 5.41) is 8.09. The molecule has 4 N–H and O–H groups in total. The number of hydrogen-bond donors (Lipinski definition) is 2. The van der Waals surface area contributed by atoms with Crippen molar-refractivity contribution in [3.05, 3.63) is 106 Å². The largest absolute Gasteiger partial charge is 0.381 e. The number of carbonyl (C=O) groups is 1. The number of anilines is 1. The molecule has 12 nitrogen and oxygen atoms in total. The number of para-hydroxylation sites is 1. The van der Waals surface area contributed by atoms with Crippen LogP contribution in [0, 0.1) is 11.8 Å². The van der Waals surface area contributed by atoms with E-state index in [9.17, 15) is 9.59 Å². The third-order valence-electron chi connectivity index (χ3n) is 5.58. The molecule has 6 aromatic rings. The van der Waals surface area contributed by atoms with Crippen LogP contribution in [0.2, 0.25) is 0 Å². The standard InChI is InChI=1S/C20H14N4O2.C7H7N5O/c1-2-17-22-19-18(20(25)24(17)15-6-4-3-5-7-15)16(23-26-19)9-8-14-10-12-21-13-11-14;8-5-4(6(9)13)7-10-2-1-3-12(7)11-5/h3-7,10-13H,2H2,1H3;1-3H,(H2,8,11)(H2,9,13). The summed E-state index contributed by atoms with van der Waals surface area (Å²) in [4.78, 5) is 36.5. The zero-order valence-electron chi connectivity index (χ0n) is 20.6. The molecule has 1 amide bonds. The Morgan fingerprint density at radius 1 is 1.05 bits per heavy atom. The SMILES string of the molecule is CCc1nc2onc(C#Cc3ccncc3)c2c(=O)n1-c1ccccc1.NC(=O)c1c(N)nn2cccnc12. The van der Waals surface area contributed by atoms with Crippen LogP contribution in [0.1, 0.15) is 34.4 Å². The normalized spacial score (nSPS) is 10.5. The van der Waals surface area contributed by atoms with Crippen molar-refractivity contribution < 1.29 is 9.32 Å². The van der Waals surface area contributed by atoms with Crippen LogP contribution in [0.15, 0.2) is 82.6 Å².